The zero-order valence-electron chi connectivity index (χ0n) is 18.0. The van der Waals surface area contributed by atoms with Crippen molar-refractivity contribution in [2.45, 2.75) is 71.9 Å². The standard InChI is InChI=1S/C21H34N2O6/c1-19(2,3)21(20(4,5)6,29-18(23)27)16(25)15(24)14(28-17(22)26)12-13-10-8-7-9-11-13/h7-11,14-16,24-25H,12H2,1-6H3,(H2,22,26)(H2,23,27)/t14-,15+,16-/m0/s1. The first-order chi connectivity index (χ1) is 13.1. The number of ether oxygens (including phenoxy) is 2. The molecule has 3 atom stereocenters. The van der Waals surface area contributed by atoms with Gasteiger partial charge in [-0.15, -0.1) is 0 Å². The largest absolute Gasteiger partial charge is 0.443 e. The number of nitrogens with two attached hydrogens (primary N) is 2. The van der Waals surface area contributed by atoms with Gasteiger partial charge in [-0.1, -0.05) is 71.9 Å². The molecule has 0 saturated carbocycles. The van der Waals surface area contributed by atoms with E-state index in [9.17, 15) is 19.8 Å². The number of carbonyl (C=O) groups is 2. The molecule has 0 fully saturated rings. The first kappa shape index (κ1) is 24.7. The van der Waals surface area contributed by atoms with Crippen LogP contribution in [0, 0.1) is 10.8 Å². The summed E-state index contributed by atoms with van der Waals surface area (Å²) >= 11 is 0. The van der Waals surface area contributed by atoms with Crippen LogP contribution in [0.15, 0.2) is 30.3 Å². The van der Waals surface area contributed by atoms with Crippen molar-refractivity contribution < 1.29 is 29.3 Å². The van der Waals surface area contributed by atoms with Crippen molar-refractivity contribution in [2.75, 3.05) is 0 Å². The fourth-order valence-electron chi connectivity index (χ4n) is 4.21. The summed E-state index contributed by atoms with van der Waals surface area (Å²) in [4.78, 5) is 23.2. The van der Waals surface area contributed by atoms with Gasteiger partial charge < -0.3 is 31.2 Å². The third-order valence-electron chi connectivity index (χ3n) is 5.16. The van der Waals surface area contributed by atoms with Gasteiger partial charge in [0, 0.05) is 17.3 Å². The Hall–Kier alpha value is -2.32. The lowest BCUT2D eigenvalue weighted by Gasteiger charge is -2.55. The number of carbonyl (C=O) groups excluding carboxylic acids is 2. The lowest BCUT2D eigenvalue weighted by molar-refractivity contribution is -0.234. The molecule has 0 spiro atoms. The van der Waals surface area contributed by atoms with E-state index in [1.807, 2.05) is 6.07 Å². The molecule has 6 N–H and O–H groups in total. The maximum Gasteiger partial charge on any atom is 0.405 e. The molecular weight excluding hydrogens is 376 g/mol. The number of aliphatic hydroxyl groups is 2. The molecule has 0 radical (unpaired) electrons. The fraction of sp³-hybridized carbons (Fsp3) is 0.619. The van der Waals surface area contributed by atoms with Crippen LogP contribution in [-0.2, 0) is 15.9 Å². The van der Waals surface area contributed by atoms with Crippen LogP contribution in [0.1, 0.15) is 47.1 Å². The van der Waals surface area contributed by atoms with E-state index in [0.29, 0.717) is 0 Å². The maximum absolute atomic E-state index is 11.8. The highest BCUT2D eigenvalue weighted by Gasteiger charge is 2.61. The molecule has 0 aliphatic carbocycles. The van der Waals surface area contributed by atoms with Crippen LogP contribution in [-0.4, -0.2) is 46.3 Å². The number of amides is 2. The fourth-order valence-corrected chi connectivity index (χ4v) is 4.21. The molecule has 0 unspecified atom stereocenters. The van der Waals surface area contributed by atoms with Crippen molar-refractivity contribution in [1.29, 1.82) is 0 Å². The summed E-state index contributed by atoms with van der Waals surface area (Å²) in [7, 11) is 0. The van der Waals surface area contributed by atoms with Gasteiger partial charge in [0.2, 0.25) is 0 Å². The van der Waals surface area contributed by atoms with Gasteiger partial charge in [0.15, 0.2) is 5.60 Å². The number of primary amides is 2. The number of hydrogen-bond acceptors (Lipinski definition) is 6. The Morgan fingerprint density at radius 1 is 0.931 bits per heavy atom. The van der Waals surface area contributed by atoms with E-state index < -0.39 is 46.9 Å². The van der Waals surface area contributed by atoms with Crippen molar-refractivity contribution in [3.05, 3.63) is 35.9 Å². The Labute approximate surface area is 172 Å². The highest BCUT2D eigenvalue weighted by molar-refractivity contribution is 5.66. The second-order valence-corrected chi connectivity index (χ2v) is 9.26. The van der Waals surface area contributed by atoms with Crippen molar-refractivity contribution in [2.24, 2.45) is 22.3 Å². The maximum atomic E-state index is 11.8. The molecule has 0 aromatic heterocycles. The van der Waals surface area contributed by atoms with E-state index in [4.69, 9.17) is 20.9 Å². The van der Waals surface area contributed by atoms with Gasteiger partial charge in [0.25, 0.3) is 0 Å². The van der Waals surface area contributed by atoms with Gasteiger partial charge in [-0.3, -0.25) is 0 Å². The minimum Gasteiger partial charge on any atom is -0.443 e. The molecule has 0 aliphatic rings. The highest BCUT2D eigenvalue weighted by atomic mass is 16.6. The van der Waals surface area contributed by atoms with E-state index >= 15 is 0 Å². The van der Waals surface area contributed by atoms with Crippen LogP contribution in [0.5, 0.6) is 0 Å². The lowest BCUT2D eigenvalue weighted by Crippen LogP contribution is -2.68. The molecule has 29 heavy (non-hydrogen) atoms. The average Bonchev–Trinajstić information content (AvgIpc) is 2.56. The molecule has 0 saturated heterocycles. The number of hydrogen-bond donors (Lipinski definition) is 4. The predicted molar refractivity (Wildman–Crippen MR) is 109 cm³/mol. The monoisotopic (exact) mass is 410 g/mol. The van der Waals surface area contributed by atoms with Gasteiger partial charge >= 0.3 is 12.2 Å². The Bertz CT molecular complexity index is 679. The SMILES string of the molecule is CC(C)(C)C(OC(N)=O)([C@@H](O)[C@H](O)[C@H](Cc1ccccc1)OC(N)=O)C(C)(C)C. The van der Waals surface area contributed by atoms with Crippen LogP contribution in [0.4, 0.5) is 9.59 Å². The van der Waals surface area contributed by atoms with Crippen molar-refractivity contribution in [3.8, 4) is 0 Å². The van der Waals surface area contributed by atoms with Crippen molar-refractivity contribution in [3.63, 3.8) is 0 Å². The molecule has 0 bridgehead atoms. The Morgan fingerprint density at radius 3 is 1.79 bits per heavy atom. The van der Waals surface area contributed by atoms with Gasteiger partial charge in [-0.05, 0) is 5.56 Å². The summed E-state index contributed by atoms with van der Waals surface area (Å²) in [6.07, 6.45) is -6.50. The van der Waals surface area contributed by atoms with E-state index in [2.05, 4.69) is 0 Å². The summed E-state index contributed by atoms with van der Waals surface area (Å²) in [6, 6.07) is 8.99. The van der Waals surface area contributed by atoms with Crippen LogP contribution in [0.3, 0.4) is 0 Å². The van der Waals surface area contributed by atoms with Crippen LogP contribution < -0.4 is 11.5 Å². The third kappa shape index (κ3) is 5.61. The van der Waals surface area contributed by atoms with Crippen molar-refractivity contribution in [1.82, 2.24) is 0 Å². The zero-order valence-corrected chi connectivity index (χ0v) is 18.0. The molecule has 2 amide bonds. The number of aliphatic hydroxyl groups excluding tert-OH is 2. The van der Waals surface area contributed by atoms with E-state index in [1.165, 1.54) is 0 Å². The van der Waals surface area contributed by atoms with Crippen LogP contribution in [0.2, 0.25) is 0 Å². The van der Waals surface area contributed by atoms with Crippen LogP contribution >= 0.6 is 0 Å². The predicted octanol–water partition coefficient (Wildman–Crippen LogP) is 2.34. The summed E-state index contributed by atoms with van der Waals surface area (Å²) < 4.78 is 10.6. The average molecular weight is 411 g/mol. The van der Waals surface area contributed by atoms with Gasteiger partial charge in [-0.25, -0.2) is 9.59 Å². The van der Waals surface area contributed by atoms with E-state index in [-0.39, 0.29) is 6.42 Å². The Kier molecular flexibility index (Phi) is 7.67. The first-order valence-corrected chi connectivity index (χ1v) is 9.48. The molecule has 1 aromatic rings. The Balaban J connectivity index is 3.44. The van der Waals surface area contributed by atoms with Crippen molar-refractivity contribution >= 4 is 12.2 Å². The molecule has 1 aromatic carbocycles. The molecule has 8 heteroatoms. The first-order valence-electron chi connectivity index (χ1n) is 9.48. The molecule has 164 valence electrons. The Morgan fingerprint density at radius 2 is 1.41 bits per heavy atom. The molecule has 1 rings (SSSR count). The summed E-state index contributed by atoms with van der Waals surface area (Å²) in [5.74, 6) is 0. The van der Waals surface area contributed by atoms with E-state index in [0.717, 1.165) is 5.56 Å². The summed E-state index contributed by atoms with van der Waals surface area (Å²) in [5, 5.41) is 22.3. The molecule has 8 nitrogen and oxygen atoms in total. The molecule has 0 aliphatic heterocycles. The summed E-state index contributed by atoms with van der Waals surface area (Å²) in [6.45, 7) is 10.6. The highest BCUT2D eigenvalue weighted by Crippen LogP contribution is 2.50. The minimum absolute atomic E-state index is 0.100. The van der Waals surface area contributed by atoms with Gasteiger partial charge in [-0.2, -0.15) is 0 Å². The summed E-state index contributed by atoms with van der Waals surface area (Å²) in [5.41, 5.74) is 7.98. The second-order valence-electron chi connectivity index (χ2n) is 9.26. The van der Waals surface area contributed by atoms with Gasteiger partial charge in [0.05, 0.1) is 0 Å². The molecular formula is C21H34N2O6. The minimum atomic E-state index is -1.64. The quantitative estimate of drug-likeness (QED) is 0.543. The smallest absolute Gasteiger partial charge is 0.405 e. The zero-order chi connectivity index (χ0) is 22.6. The normalized spacial score (nSPS) is 15.9. The van der Waals surface area contributed by atoms with Gasteiger partial charge in [0.1, 0.15) is 18.3 Å². The van der Waals surface area contributed by atoms with E-state index in [1.54, 1.807) is 65.8 Å². The van der Waals surface area contributed by atoms with Crippen LogP contribution in [0.25, 0.3) is 0 Å². The third-order valence-corrected chi connectivity index (χ3v) is 5.16. The number of rotatable bonds is 7. The lowest BCUT2D eigenvalue weighted by atomic mass is 9.58. The topological polar surface area (TPSA) is 145 Å². The second kappa shape index (κ2) is 9.00. The molecule has 0 heterocycles. The number of benzene rings is 1.